The smallest absolute Gasteiger partial charge is 0.387 e. The van der Waals surface area contributed by atoms with E-state index in [9.17, 15) is 23.7 Å². The van der Waals surface area contributed by atoms with Gasteiger partial charge in [-0.25, -0.2) is 0 Å². The van der Waals surface area contributed by atoms with E-state index in [4.69, 9.17) is 5.26 Å². The predicted octanol–water partition coefficient (Wildman–Crippen LogP) is 2.17. The maximum atomic E-state index is 12.4. The molecule has 0 unspecified atom stereocenters. The van der Waals surface area contributed by atoms with Gasteiger partial charge >= 0.3 is 12.6 Å². The molecular formula is C12H10F2N2O5. The largest absolute Gasteiger partial charge is 0.466 e. The molecule has 0 radical (unpaired) electrons. The van der Waals surface area contributed by atoms with Crippen molar-refractivity contribution in [3.8, 4) is 11.8 Å². The van der Waals surface area contributed by atoms with Crippen molar-refractivity contribution in [2.24, 2.45) is 0 Å². The number of ether oxygens (including phenoxy) is 2. The van der Waals surface area contributed by atoms with Crippen LogP contribution in [0.4, 0.5) is 14.5 Å². The van der Waals surface area contributed by atoms with Gasteiger partial charge in [0.25, 0.3) is 5.69 Å². The summed E-state index contributed by atoms with van der Waals surface area (Å²) >= 11 is 0. The highest BCUT2D eigenvalue weighted by atomic mass is 19.3. The molecule has 1 aromatic rings. The van der Waals surface area contributed by atoms with Gasteiger partial charge in [0, 0.05) is 17.7 Å². The molecule has 0 aliphatic carbocycles. The molecule has 0 aromatic heterocycles. The van der Waals surface area contributed by atoms with Gasteiger partial charge in [0.1, 0.15) is 17.4 Å². The number of carbonyl (C=O) groups is 1. The van der Waals surface area contributed by atoms with E-state index in [1.54, 1.807) is 6.92 Å². The van der Waals surface area contributed by atoms with Gasteiger partial charge in [0.15, 0.2) is 0 Å². The highest BCUT2D eigenvalue weighted by molar-refractivity contribution is 5.75. The summed E-state index contributed by atoms with van der Waals surface area (Å²) in [6.45, 7) is -1.63. The van der Waals surface area contributed by atoms with Crippen molar-refractivity contribution >= 4 is 11.7 Å². The minimum absolute atomic E-state index is 0.0594. The van der Waals surface area contributed by atoms with Crippen molar-refractivity contribution in [2.75, 3.05) is 6.61 Å². The molecule has 0 amide bonds. The van der Waals surface area contributed by atoms with Crippen molar-refractivity contribution in [1.82, 2.24) is 0 Å². The van der Waals surface area contributed by atoms with Crippen LogP contribution in [0.2, 0.25) is 0 Å². The van der Waals surface area contributed by atoms with Crippen LogP contribution in [0.5, 0.6) is 5.75 Å². The quantitative estimate of drug-likeness (QED) is 0.453. The summed E-state index contributed by atoms with van der Waals surface area (Å²) in [7, 11) is 0. The molecule has 0 bridgehead atoms. The number of nitriles is 1. The van der Waals surface area contributed by atoms with E-state index in [1.165, 1.54) is 6.07 Å². The third kappa shape index (κ3) is 4.38. The van der Waals surface area contributed by atoms with Crippen molar-refractivity contribution in [3.05, 3.63) is 33.4 Å². The standard InChI is InChI=1S/C12H10F2N2O5/c1-2-20-10(17)5-7-3-9(16(18)19)4-8(6-15)11(7)21-12(13)14/h3-4,12H,2,5H2,1H3. The highest BCUT2D eigenvalue weighted by Crippen LogP contribution is 2.31. The molecule has 7 nitrogen and oxygen atoms in total. The molecular weight excluding hydrogens is 290 g/mol. The number of benzene rings is 1. The van der Waals surface area contributed by atoms with Gasteiger partial charge in [-0.3, -0.25) is 14.9 Å². The fourth-order valence-electron chi connectivity index (χ4n) is 1.59. The Bertz CT molecular complexity index is 598. The molecule has 1 aromatic carbocycles. The van der Waals surface area contributed by atoms with Crippen LogP contribution in [0.15, 0.2) is 12.1 Å². The second-order valence-corrected chi connectivity index (χ2v) is 3.71. The number of nitro benzene ring substituents is 1. The molecule has 1 rings (SSSR count). The first-order chi connectivity index (χ1) is 9.88. The lowest BCUT2D eigenvalue weighted by Crippen LogP contribution is -2.12. The number of esters is 1. The number of alkyl halides is 2. The van der Waals surface area contributed by atoms with Gasteiger partial charge in [0.05, 0.1) is 18.0 Å². The van der Waals surface area contributed by atoms with Crippen LogP contribution in [0.25, 0.3) is 0 Å². The molecule has 0 saturated heterocycles. The lowest BCUT2D eigenvalue weighted by molar-refractivity contribution is -0.385. The molecule has 21 heavy (non-hydrogen) atoms. The third-order valence-corrected chi connectivity index (χ3v) is 2.33. The number of halogens is 2. The summed E-state index contributed by atoms with van der Waals surface area (Å²) in [5, 5.41) is 19.6. The van der Waals surface area contributed by atoms with E-state index in [0.717, 1.165) is 12.1 Å². The van der Waals surface area contributed by atoms with Crippen molar-refractivity contribution in [3.63, 3.8) is 0 Å². The highest BCUT2D eigenvalue weighted by Gasteiger charge is 2.22. The van der Waals surface area contributed by atoms with Gasteiger partial charge in [0.2, 0.25) is 0 Å². The minimum atomic E-state index is -3.24. The van der Waals surface area contributed by atoms with Crippen LogP contribution in [-0.2, 0) is 16.0 Å². The number of non-ortho nitro benzene ring substituents is 1. The molecule has 0 atom stereocenters. The monoisotopic (exact) mass is 300 g/mol. The Labute approximate surface area is 117 Å². The maximum Gasteiger partial charge on any atom is 0.387 e. The van der Waals surface area contributed by atoms with Crippen LogP contribution < -0.4 is 4.74 Å². The fraction of sp³-hybridized carbons (Fsp3) is 0.333. The topological polar surface area (TPSA) is 102 Å². The van der Waals surface area contributed by atoms with E-state index >= 15 is 0 Å². The van der Waals surface area contributed by atoms with Gasteiger partial charge in [-0.2, -0.15) is 14.0 Å². The zero-order valence-corrected chi connectivity index (χ0v) is 10.8. The number of carbonyl (C=O) groups excluding carboxylic acids is 1. The van der Waals surface area contributed by atoms with E-state index in [0.29, 0.717) is 0 Å². The van der Waals surface area contributed by atoms with E-state index in [1.807, 2.05) is 0 Å². The van der Waals surface area contributed by atoms with Gasteiger partial charge in [-0.05, 0) is 6.92 Å². The number of rotatable bonds is 6. The summed E-state index contributed by atoms with van der Waals surface area (Å²) in [4.78, 5) is 21.4. The first kappa shape index (κ1) is 16.3. The van der Waals surface area contributed by atoms with Crippen LogP contribution in [-0.4, -0.2) is 24.1 Å². The SMILES string of the molecule is CCOC(=O)Cc1cc([N+](=O)[O-])cc(C#N)c1OC(F)F. The van der Waals surface area contributed by atoms with E-state index < -0.39 is 40.9 Å². The second kappa shape index (κ2) is 7.14. The van der Waals surface area contributed by atoms with Crippen molar-refractivity contribution in [2.45, 2.75) is 20.0 Å². The Morgan fingerprint density at radius 2 is 2.19 bits per heavy atom. The minimum Gasteiger partial charge on any atom is -0.466 e. The molecule has 0 spiro atoms. The summed E-state index contributed by atoms with van der Waals surface area (Å²) < 4.78 is 33.6. The molecule has 0 saturated carbocycles. The summed E-state index contributed by atoms with van der Waals surface area (Å²) in [5.41, 5.74) is -1.17. The number of nitro groups is 1. The molecule has 0 fully saturated rings. The van der Waals surface area contributed by atoms with Gasteiger partial charge in [-0.1, -0.05) is 0 Å². The molecule has 112 valence electrons. The van der Waals surface area contributed by atoms with Gasteiger partial charge in [-0.15, -0.1) is 0 Å². The lowest BCUT2D eigenvalue weighted by atomic mass is 10.1. The molecule has 0 aliphatic heterocycles. The summed E-state index contributed by atoms with van der Waals surface area (Å²) in [5.74, 6) is -1.34. The number of nitrogens with zero attached hydrogens (tertiary/aromatic N) is 2. The molecule has 0 N–H and O–H groups in total. The third-order valence-electron chi connectivity index (χ3n) is 2.33. The first-order valence-corrected chi connectivity index (χ1v) is 5.70. The maximum absolute atomic E-state index is 12.4. The zero-order valence-electron chi connectivity index (χ0n) is 10.8. The van der Waals surface area contributed by atoms with Crippen LogP contribution >= 0.6 is 0 Å². The predicted molar refractivity (Wildman–Crippen MR) is 64.8 cm³/mol. The second-order valence-electron chi connectivity index (χ2n) is 3.71. The van der Waals surface area contributed by atoms with E-state index in [2.05, 4.69) is 9.47 Å². The van der Waals surface area contributed by atoms with Crippen LogP contribution in [0.3, 0.4) is 0 Å². The Morgan fingerprint density at radius 1 is 1.52 bits per heavy atom. The first-order valence-electron chi connectivity index (χ1n) is 5.70. The number of hydrogen-bond acceptors (Lipinski definition) is 6. The average molecular weight is 300 g/mol. The normalized spacial score (nSPS) is 10.0. The van der Waals surface area contributed by atoms with Gasteiger partial charge < -0.3 is 9.47 Å². The number of hydrogen-bond donors (Lipinski definition) is 0. The Hall–Kier alpha value is -2.76. The van der Waals surface area contributed by atoms with Crippen LogP contribution in [0, 0.1) is 21.4 Å². The van der Waals surface area contributed by atoms with E-state index in [-0.39, 0.29) is 12.2 Å². The van der Waals surface area contributed by atoms with Crippen LogP contribution in [0.1, 0.15) is 18.1 Å². The molecule has 9 heteroatoms. The Kier molecular flexibility index (Phi) is 5.54. The average Bonchev–Trinajstić information content (AvgIpc) is 2.39. The summed E-state index contributed by atoms with van der Waals surface area (Å²) in [6.07, 6.45) is -0.522. The molecule has 0 aliphatic rings. The Morgan fingerprint density at radius 3 is 2.67 bits per heavy atom. The Balaban J connectivity index is 3.33. The van der Waals surface area contributed by atoms with Crippen molar-refractivity contribution < 1.29 is 28.0 Å². The van der Waals surface area contributed by atoms with Crippen molar-refractivity contribution in [1.29, 1.82) is 5.26 Å². The lowest BCUT2D eigenvalue weighted by Gasteiger charge is -2.12. The summed E-state index contributed by atoms with van der Waals surface area (Å²) in [6, 6.07) is 3.22. The molecule has 0 heterocycles. The zero-order chi connectivity index (χ0) is 16.0. The fourth-order valence-corrected chi connectivity index (χ4v) is 1.59.